The lowest BCUT2D eigenvalue weighted by molar-refractivity contribution is -0.914. The van der Waals surface area contributed by atoms with Crippen LogP contribution in [0, 0.1) is 0 Å². The van der Waals surface area contributed by atoms with Crippen molar-refractivity contribution >= 4 is 46.0 Å². The summed E-state index contributed by atoms with van der Waals surface area (Å²) in [5.41, 5.74) is 1.50. The second-order valence-electron chi connectivity index (χ2n) is 13.6. The number of benzene rings is 2. The molecule has 53 heavy (non-hydrogen) atoms. The number of ketones is 1. The third-order valence-electron chi connectivity index (χ3n) is 9.71. The molecule has 3 heterocycles. The predicted molar refractivity (Wildman–Crippen MR) is 188 cm³/mol. The number of hydrogen-bond acceptors (Lipinski definition) is 8. The molecule has 1 aromatic heterocycles. The first-order valence-corrected chi connectivity index (χ1v) is 17.3. The van der Waals surface area contributed by atoms with Gasteiger partial charge in [0.1, 0.15) is 6.04 Å². The van der Waals surface area contributed by atoms with E-state index in [1.165, 1.54) is 45.7 Å². The molecule has 2 fully saturated rings. The lowest BCUT2D eigenvalue weighted by Gasteiger charge is -2.37. The number of halogens is 3. The minimum Gasteiger partial charge on any atom is -1.00 e. The highest BCUT2D eigenvalue weighted by Gasteiger charge is 2.51. The number of hydrogen-bond donors (Lipinski definition) is 3. The van der Waals surface area contributed by atoms with Gasteiger partial charge in [-0.05, 0) is 49.1 Å². The molecule has 2 aliphatic heterocycles. The van der Waals surface area contributed by atoms with Crippen LogP contribution < -0.4 is 49.4 Å². The third kappa shape index (κ3) is 10.4. The fraction of sp³-hybridized carbons (Fsp3) is 0.459. The highest BCUT2D eigenvalue weighted by atomic mass is 127. The first-order chi connectivity index (χ1) is 24.8. The number of pyridine rings is 1. The number of amides is 4. The summed E-state index contributed by atoms with van der Waals surface area (Å²) in [6.45, 7) is 1.26. The Balaban J connectivity index is 0.00000627. The molecule has 5 rings (SSSR count). The lowest BCUT2D eigenvalue weighted by Crippen LogP contribution is -3.00. The summed E-state index contributed by atoms with van der Waals surface area (Å²) in [6.07, 6.45) is 5.09. The predicted octanol–water partition coefficient (Wildman–Crippen LogP) is 0.457. The number of piperidine rings is 1. The van der Waals surface area contributed by atoms with Crippen molar-refractivity contribution < 1.29 is 70.7 Å². The van der Waals surface area contributed by atoms with Crippen molar-refractivity contribution in [2.24, 2.45) is 0 Å². The van der Waals surface area contributed by atoms with Gasteiger partial charge in [-0.25, -0.2) is 8.78 Å². The Kier molecular flexibility index (Phi) is 14.1. The highest BCUT2D eigenvalue weighted by Crippen LogP contribution is 2.33. The first kappa shape index (κ1) is 41.3. The molecule has 2 aliphatic rings. The van der Waals surface area contributed by atoms with Gasteiger partial charge >= 0.3 is 0 Å². The van der Waals surface area contributed by atoms with E-state index in [2.05, 4.69) is 28.0 Å². The second-order valence-corrected chi connectivity index (χ2v) is 13.6. The van der Waals surface area contributed by atoms with Crippen LogP contribution in [0.25, 0.3) is 10.9 Å². The van der Waals surface area contributed by atoms with Crippen LogP contribution in [0.4, 0.5) is 14.5 Å². The smallest absolute Gasteiger partial charge is 0.289 e. The van der Waals surface area contributed by atoms with E-state index >= 15 is 0 Å². The summed E-state index contributed by atoms with van der Waals surface area (Å²) in [4.78, 5) is 70.1. The van der Waals surface area contributed by atoms with Gasteiger partial charge in [0.2, 0.25) is 17.6 Å². The standard InChI is InChI=1S/C37H44F2N6O7.HI/c1-45(16-5-4-6-17-45)18-8-11-31(46)43-27-10-7-9-25-26(14-15-40-33(25)27)35(49)42-22-32(47)44-23-37(38,39)20-28(44)34(48)36(50)41-21-24-12-13-29(51-2)30(19-24)52-3;/h7,9-10,12-15,19,28H,4-6,8,11,16-18,20-23H2,1-3H3,(H2-,41,42,43,46,49,50);1H/t28-;/m0./s1. The summed E-state index contributed by atoms with van der Waals surface area (Å²) < 4.78 is 40.5. The number of para-hydroxylation sites is 1. The zero-order valence-electron chi connectivity index (χ0n) is 30.0. The normalized spacial score (nSPS) is 17.3. The molecule has 2 aromatic carbocycles. The molecule has 4 amide bonds. The summed E-state index contributed by atoms with van der Waals surface area (Å²) in [6, 6.07) is 9.56. The zero-order chi connectivity index (χ0) is 37.5. The van der Waals surface area contributed by atoms with Crippen molar-refractivity contribution in [3.8, 4) is 11.5 Å². The van der Waals surface area contributed by atoms with Gasteiger partial charge in [-0.1, -0.05) is 18.2 Å². The Morgan fingerprint density at radius 2 is 1.72 bits per heavy atom. The number of fused-ring (bicyclic) bond motifs is 1. The SMILES string of the molecule is COc1ccc(CNC(=O)C(=O)[C@@H]2CC(F)(F)CN2C(=O)CNC(=O)c2ccnc3c(NC(=O)CCC[N+]4(C)CCCCC4)cccc23)cc1OC.[I-]. The maximum atomic E-state index is 14.5. The quantitative estimate of drug-likeness (QED) is 0.120. The van der Waals surface area contributed by atoms with E-state index in [0.717, 1.165) is 30.5 Å². The van der Waals surface area contributed by atoms with Crippen molar-refractivity contribution in [1.82, 2.24) is 20.5 Å². The first-order valence-electron chi connectivity index (χ1n) is 17.3. The Hall–Kier alpha value is -4.45. The van der Waals surface area contributed by atoms with Gasteiger partial charge in [0, 0.05) is 37.4 Å². The molecule has 0 bridgehead atoms. The fourth-order valence-corrected chi connectivity index (χ4v) is 6.89. The zero-order valence-corrected chi connectivity index (χ0v) is 32.2. The van der Waals surface area contributed by atoms with Gasteiger partial charge in [0.05, 0.1) is 70.8 Å². The fourth-order valence-electron chi connectivity index (χ4n) is 6.89. The van der Waals surface area contributed by atoms with Crippen LogP contribution in [0.1, 0.15) is 54.4 Å². The number of methoxy groups -OCH3 is 2. The number of carbonyl (C=O) groups excluding carboxylic acids is 5. The Bertz CT molecular complexity index is 1840. The van der Waals surface area contributed by atoms with Gasteiger partial charge in [0.15, 0.2) is 11.5 Å². The summed E-state index contributed by atoms with van der Waals surface area (Å²) in [5.74, 6) is -6.72. The monoisotopic (exact) mass is 850 g/mol. The largest absolute Gasteiger partial charge is 1.00 e. The van der Waals surface area contributed by atoms with Crippen LogP contribution in [-0.2, 0) is 25.7 Å². The van der Waals surface area contributed by atoms with Gasteiger partial charge in [-0.15, -0.1) is 0 Å². The molecule has 0 saturated carbocycles. The molecule has 0 spiro atoms. The van der Waals surface area contributed by atoms with Crippen molar-refractivity contribution in [3.05, 3.63) is 59.8 Å². The number of nitrogens with zero attached hydrogens (tertiary/aromatic N) is 3. The number of nitrogens with one attached hydrogen (secondary N) is 3. The van der Waals surface area contributed by atoms with Gasteiger partial charge in [-0.2, -0.15) is 0 Å². The molecule has 1 atom stereocenters. The van der Waals surface area contributed by atoms with Crippen LogP contribution >= 0.6 is 0 Å². The Morgan fingerprint density at radius 3 is 2.43 bits per heavy atom. The van der Waals surface area contributed by atoms with Crippen LogP contribution in [0.15, 0.2) is 48.7 Å². The Morgan fingerprint density at radius 1 is 0.981 bits per heavy atom. The van der Waals surface area contributed by atoms with Gasteiger partial charge in [0.25, 0.3) is 17.7 Å². The molecule has 16 heteroatoms. The van der Waals surface area contributed by atoms with E-state index in [4.69, 9.17) is 9.47 Å². The number of quaternary nitrogens is 1. The average molecular weight is 851 g/mol. The molecule has 0 radical (unpaired) electrons. The maximum absolute atomic E-state index is 14.5. The molecule has 2 saturated heterocycles. The van der Waals surface area contributed by atoms with Crippen LogP contribution in [-0.4, -0.2) is 110 Å². The molecular formula is C37H45F2IN6O7. The van der Waals surface area contributed by atoms with Crippen LogP contribution in [0.3, 0.4) is 0 Å². The molecular weight excluding hydrogens is 805 g/mol. The number of carbonyl (C=O) groups is 5. The van der Waals surface area contributed by atoms with Crippen molar-refractivity contribution in [2.45, 2.75) is 57.0 Å². The van der Waals surface area contributed by atoms with E-state index < -0.39 is 55.0 Å². The highest BCUT2D eigenvalue weighted by molar-refractivity contribution is 6.38. The molecule has 3 aromatic rings. The number of alkyl halides is 2. The minimum absolute atomic E-state index is 0. The van der Waals surface area contributed by atoms with Gasteiger partial charge in [-0.3, -0.25) is 29.0 Å². The summed E-state index contributed by atoms with van der Waals surface area (Å²) in [7, 11) is 5.13. The maximum Gasteiger partial charge on any atom is 0.289 e. The number of Topliss-reactive ketones (excluding diaryl/α,β-unsaturated/α-hetero) is 1. The lowest BCUT2D eigenvalue weighted by atomic mass is 10.1. The third-order valence-corrected chi connectivity index (χ3v) is 9.71. The van der Waals surface area contributed by atoms with Gasteiger partial charge < -0.3 is 58.8 Å². The van der Waals surface area contributed by atoms with Crippen LogP contribution in [0.5, 0.6) is 11.5 Å². The molecule has 0 unspecified atom stereocenters. The molecule has 0 aliphatic carbocycles. The van der Waals surface area contributed by atoms with E-state index in [1.807, 2.05) is 0 Å². The Labute approximate surface area is 323 Å². The van der Waals surface area contributed by atoms with Crippen LogP contribution in [0.2, 0.25) is 0 Å². The molecule has 286 valence electrons. The van der Waals surface area contributed by atoms with E-state index in [9.17, 15) is 32.8 Å². The topological polar surface area (TPSA) is 156 Å². The van der Waals surface area contributed by atoms with Crippen molar-refractivity contribution in [2.75, 3.05) is 59.3 Å². The molecule has 3 N–H and O–H groups in total. The van der Waals surface area contributed by atoms with E-state index in [1.54, 1.807) is 36.4 Å². The second kappa shape index (κ2) is 18.1. The summed E-state index contributed by atoms with van der Waals surface area (Å²) >= 11 is 0. The van der Waals surface area contributed by atoms with E-state index in [0.29, 0.717) is 45.0 Å². The number of likely N-dealkylation sites (tertiary alicyclic amines) is 2. The number of ether oxygens (including phenoxy) is 2. The number of anilines is 1. The molecule has 13 nitrogen and oxygen atoms in total. The number of aromatic nitrogens is 1. The summed E-state index contributed by atoms with van der Waals surface area (Å²) in [5, 5.41) is 8.17. The van der Waals surface area contributed by atoms with Crippen molar-refractivity contribution in [1.29, 1.82) is 0 Å². The number of rotatable bonds is 14. The van der Waals surface area contributed by atoms with Crippen molar-refractivity contribution in [3.63, 3.8) is 0 Å². The van der Waals surface area contributed by atoms with E-state index in [-0.39, 0.29) is 42.0 Å². The average Bonchev–Trinajstić information content (AvgIpc) is 3.47. The minimum atomic E-state index is -3.42.